The highest BCUT2D eigenvalue weighted by Gasteiger charge is 2.11. The first-order chi connectivity index (χ1) is 7.19. The van der Waals surface area contributed by atoms with Crippen molar-refractivity contribution in [3.8, 4) is 0 Å². The Morgan fingerprint density at radius 2 is 2.40 bits per heavy atom. The molecule has 0 aliphatic heterocycles. The van der Waals surface area contributed by atoms with E-state index < -0.39 is 0 Å². The standard InChI is InChI=1S/C8H13ClN4O2/c1-15-3-5(2-14)13-8-6(10)7(9)11-4-12-8/h4-5,14H,2-3,10H2,1H3,(H,11,12,13). The SMILES string of the molecule is COCC(CO)Nc1ncnc(Cl)c1N. The topological polar surface area (TPSA) is 93.3 Å². The van der Waals surface area contributed by atoms with Gasteiger partial charge in [-0.05, 0) is 0 Å². The summed E-state index contributed by atoms with van der Waals surface area (Å²) in [4.78, 5) is 7.62. The summed E-state index contributed by atoms with van der Waals surface area (Å²) < 4.78 is 4.90. The van der Waals surface area contributed by atoms with Crippen LogP contribution in [0.1, 0.15) is 0 Å². The molecule has 0 saturated heterocycles. The van der Waals surface area contributed by atoms with E-state index in [0.29, 0.717) is 12.4 Å². The van der Waals surface area contributed by atoms with Crippen LogP contribution in [0.25, 0.3) is 0 Å². The minimum absolute atomic E-state index is 0.0884. The number of ether oxygens (including phenoxy) is 1. The maximum atomic E-state index is 9.02. The predicted molar refractivity (Wildman–Crippen MR) is 57.8 cm³/mol. The molecular formula is C8H13ClN4O2. The summed E-state index contributed by atoms with van der Waals surface area (Å²) in [6.07, 6.45) is 1.29. The number of nitrogens with zero attached hydrogens (tertiary/aromatic N) is 2. The number of anilines is 2. The third-order valence-electron chi connectivity index (χ3n) is 1.76. The molecule has 1 aromatic heterocycles. The van der Waals surface area contributed by atoms with Crippen LogP contribution >= 0.6 is 11.6 Å². The van der Waals surface area contributed by atoms with E-state index >= 15 is 0 Å². The summed E-state index contributed by atoms with van der Waals surface area (Å²) in [6.45, 7) is 0.256. The molecule has 0 amide bonds. The summed E-state index contributed by atoms with van der Waals surface area (Å²) in [6, 6.07) is -0.275. The van der Waals surface area contributed by atoms with E-state index in [-0.39, 0.29) is 23.5 Å². The van der Waals surface area contributed by atoms with Gasteiger partial charge in [-0.25, -0.2) is 9.97 Å². The van der Waals surface area contributed by atoms with Gasteiger partial charge >= 0.3 is 0 Å². The van der Waals surface area contributed by atoms with Gasteiger partial charge in [0.15, 0.2) is 11.0 Å². The lowest BCUT2D eigenvalue weighted by Crippen LogP contribution is -2.29. The molecule has 0 aliphatic rings. The van der Waals surface area contributed by atoms with Gasteiger partial charge in [-0.2, -0.15) is 0 Å². The Balaban J connectivity index is 2.74. The predicted octanol–water partition coefficient (Wildman–Crippen LogP) is 0.131. The van der Waals surface area contributed by atoms with Crippen LogP contribution in [0.3, 0.4) is 0 Å². The number of hydrogen-bond donors (Lipinski definition) is 3. The first-order valence-electron chi connectivity index (χ1n) is 4.31. The Labute approximate surface area is 92.4 Å². The van der Waals surface area contributed by atoms with Crippen LogP contribution in [-0.2, 0) is 4.74 Å². The second-order valence-corrected chi connectivity index (χ2v) is 3.26. The number of rotatable bonds is 5. The van der Waals surface area contributed by atoms with E-state index in [1.54, 1.807) is 7.11 Å². The van der Waals surface area contributed by atoms with Crippen LogP contribution in [0, 0.1) is 0 Å². The van der Waals surface area contributed by atoms with Crippen molar-refractivity contribution in [1.29, 1.82) is 0 Å². The average Bonchev–Trinajstić information content (AvgIpc) is 2.24. The van der Waals surface area contributed by atoms with Crippen LogP contribution in [-0.4, -0.2) is 41.4 Å². The van der Waals surface area contributed by atoms with Crippen molar-refractivity contribution in [2.75, 3.05) is 31.4 Å². The second-order valence-electron chi connectivity index (χ2n) is 2.91. The summed E-state index contributed by atoms with van der Waals surface area (Å²) in [7, 11) is 1.54. The van der Waals surface area contributed by atoms with Crippen LogP contribution < -0.4 is 11.1 Å². The van der Waals surface area contributed by atoms with Gasteiger partial charge in [-0.1, -0.05) is 11.6 Å². The monoisotopic (exact) mass is 232 g/mol. The largest absolute Gasteiger partial charge is 0.394 e. The number of aliphatic hydroxyl groups excluding tert-OH is 1. The minimum Gasteiger partial charge on any atom is -0.394 e. The van der Waals surface area contributed by atoms with E-state index in [2.05, 4.69) is 15.3 Å². The molecule has 15 heavy (non-hydrogen) atoms. The normalized spacial score (nSPS) is 12.5. The van der Waals surface area contributed by atoms with Gasteiger partial charge in [0.25, 0.3) is 0 Å². The van der Waals surface area contributed by atoms with E-state index in [1.165, 1.54) is 6.33 Å². The number of methoxy groups -OCH3 is 1. The highest BCUT2D eigenvalue weighted by atomic mass is 35.5. The van der Waals surface area contributed by atoms with Crippen molar-refractivity contribution in [3.63, 3.8) is 0 Å². The zero-order valence-corrected chi connectivity index (χ0v) is 9.03. The molecule has 1 unspecified atom stereocenters. The third kappa shape index (κ3) is 3.19. The summed E-state index contributed by atoms with van der Waals surface area (Å²) in [5, 5.41) is 12.1. The van der Waals surface area contributed by atoms with E-state index in [4.69, 9.17) is 27.2 Å². The van der Waals surface area contributed by atoms with Gasteiger partial charge in [0.1, 0.15) is 12.0 Å². The Morgan fingerprint density at radius 1 is 1.67 bits per heavy atom. The Kier molecular flexibility index (Phi) is 4.54. The second kappa shape index (κ2) is 5.69. The first kappa shape index (κ1) is 12.0. The van der Waals surface area contributed by atoms with Crippen molar-refractivity contribution < 1.29 is 9.84 Å². The van der Waals surface area contributed by atoms with Crippen molar-refractivity contribution in [2.45, 2.75) is 6.04 Å². The van der Waals surface area contributed by atoms with Crippen LogP contribution in [0.15, 0.2) is 6.33 Å². The lowest BCUT2D eigenvalue weighted by molar-refractivity contribution is 0.153. The number of halogens is 1. The average molecular weight is 233 g/mol. The van der Waals surface area contributed by atoms with Crippen LogP contribution in [0.2, 0.25) is 5.15 Å². The van der Waals surface area contributed by atoms with Crippen molar-refractivity contribution in [3.05, 3.63) is 11.5 Å². The molecule has 0 fully saturated rings. The highest BCUT2D eigenvalue weighted by molar-refractivity contribution is 6.32. The summed E-state index contributed by atoms with van der Waals surface area (Å²) >= 11 is 5.71. The zero-order chi connectivity index (χ0) is 11.3. The Bertz CT molecular complexity index is 324. The highest BCUT2D eigenvalue weighted by Crippen LogP contribution is 2.22. The molecule has 1 aromatic rings. The summed E-state index contributed by atoms with van der Waals surface area (Å²) in [5.41, 5.74) is 5.90. The molecule has 1 atom stereocenters. The molecular weight excluding hydrogens is 220 g/mol. The maximum Gasteiger partial charge on any atom is 0.157 e. The fourth-order valence-electron chi connectivity index (χ4n) is 1.02. The number of aliphatic hydroxyl groups is 1. The zero-order valence-electron chi connectivity index (χ0n) is 8.27. The van der Waals surface area contributed by atoms with Gasteiger partial charge < -0.3 is 20.9 Å². The number of hydrogen-bond acceptors (Lipinski definition) is 6. The molecule has 0 radical (unpaired) electrons. The lowest BCUT2D eigenvalue weighted by atomic mass is 10.3. The number of nitrogens with one attached hydrogen (secondary N) is 1. The minimum atomic E-state index is -0.275. The quantitative estimate of drug-likeness (QED) is 0.625. The van der Waals surface area contributed by atoms with Crippen LogP contribution in [0.5, 0.6) is 0 Å². The Hall–Kier alpha value is -1.11. The number of nitrogen functional groups attached to an aromatic ring is 1. The molecule has 6 nitrogen and oxygen atoms in total. The van der Waals surface area contributed by atoms with Crippen molar-refractivity contribution >= 4 is 23.1 Å². The van der Waals surface area contributed by atoms with Gasteiger partial charge in [0.05, 0.1) is 19.3 Å². The fraction of sp³-hybridized carbons (Fsp3) is 0.500. The van der Waals surface area contributed by atoms with E-state index in [9.17, 15) is 0 Å². The van der Waals surface area contributed by atoms with E-state index in [0.717, 1.165) is 0 Å². The Morgan fingerprint density at radius 3 is 3.00 bits per heavy atom. The van der Waals surface area contributed by atoms with E-state index in [1.807, 2.05) is 0 Å². The van der Waals surface area contributed by atoms with Crippen LogP contribution in [0.4, 0.5) is 11.5 Å². The molecule has 1 heterocycles. The molecule has 0 bridgehead atoms. The molecule has 7 heteroatoms. The first-order valence-corrected chi connectivity index (χ1v) is 4.69. The van der Waals surface area contributed by atoms with Crippen molar-refractivity contribution in [2.24, 2.45) is 0 Å². The number of aromatic nitrogens is 2. The third-order valence-corrected chi connectivity index (χ3v) is 2.07. The fourth-order valence-corrected chi connectivity index (χ4v) is 1.16. The summed E-state index contributed by atoms with van der Waals surface area (Å²) in [5.74, 6) is 0.395. The molecule has 4 N–H and O–H groups in total. The molecule has 0 saturated carbocycles. The van der Waals surface area contributed by atoms with Crippen molar-refractivity contribution in [1.82, 2.24) is 9.97 Å². The molecule has 1 rings (SSSR count). The number of nitrogens with two attached hydrogens (primary N) is 1. The molecule has 84 valence electrons. The molecule has 0 aliphatic carbocycles. The molecule has 0 aromatic carbocycles. The van der Waals surface area contributed by atoms with Gasteiger partial charge in [-0.15, -0.1) is 0 Å². The molecule has 0 spiro atoms. The smallest absolute Gasteiger partial charge is 0.157 e. The van der Waals surface area contributed by atoms with Gasteiger partial charge in [-0.3, -0.25) is 0 Å². The van der Waals surface area contributed by atoms with Gasteiger partial charge in [0.2, 0.25) is 0 Å². The lowest BCUT2D eigenvalue weighted by Gasteiger charge is -2.16. The van der Waals surface area contributed by atoms with Gasteiger partial charge in [0, 0.05) is 7.11 Å². The maximum absolute atomic E-state index is 9.02.